The van der Waals surface area contributed by atoms with Crippen LogP contribution in [0.1, 0.15) is 43.6 Å². The summed E-state index contributed by atoms with van der Waals surface area (Å²) in [5.41, 5.74) is 0.290. The molecular formula is C13H23N3O3S. The van der Waals surface area contributed by atoms with Crippen molar-refractivity contribution < 1.29 is 13.2 Å². The highest BCUT2D eigenvalue weighted by atomic mass is 32.2. The van der Waals surface area contributed by atoms with Crippen LogP contribution >= 0.6 is 0 Å². The van der Waals surface area contributed by atoms with Gasteiger partial charge in [0.15, 0.2) is 0 Å². The number of carbonyl (C=O) groups excluding carboxylic acids is 1. The van der Waals surface area contributed by atoms with Gasteiger partial charge in [-0.15, -0.1) is 0 Å². The third-order valence-electron chi connectivity index (χ3n) is 3.03. The molecule has 0 aliphatic carbocycles. The van der Waals surface area contributed by atoms with E-state index in [0.717, 1.165) is 19.3 Å². The largest absolute Gasteiger partial charge is 0.351 e. The van der Waals surface area contributed by atoms with Gasteiger partial charge in [-0.2, -0.15) is 0 Å². The van der Waals surface area contributed by atoms with Crippen molar-refractivity contribution in [1.29, 1.82) is 0 Å². The SMILES string of the molecule is CC(C)CCCCNC(=O)c1cc(S(N)(=O)=O)cn1C. The minimum atomic E-state index is -3.78. The Balaban J connectivity index is 2.54. The lowest BCUT2D eigenvalue weighted by atomic mass is 10.1. The number of sulfonamides is 1. The molecule has 0 bridgehead atoms. The van der Waals surface area contributed by atoms with Gasteiger partial charge in [0.05, 0.1) is 0 Å². The number of nitrogens with zero attached hydrogens (tertiary/aromatic N) is 1. The zero-order valence-corrected chi connectivity index (χ0v) is 13.0. The average molecular weight is 301 g/mol. The van der Waals surface area contributed by atoms with Crippen LogP contribution in [0.3, 0.4) is 0 Å². The predicted octanol–water partition coefficient (Wildman–Crippen LogP) is 1.23. The van der Waals surface area contributed by atoms with E-state index >= 15 is 0 Å². The number of amides is 1. The molecule has 0 unspecified atom stereocenters. The van der Waals surface area contributed by atoms with E-state index in [-0.39, 0.29) is 16.5 Å². The van der Waals surface area contributed by atoms with Gasteiger partial charge < -0.3 is 9.88 Å². The molecule has 1 amide bonds. The van der Waals surface area contributed by atoms with Crippen molar-refractivity contribution in [2.24, 2.45) is 18.1 Å². The quantitative estimate of drug-likeness (QED) is 0.742. The number of nitrogens with one attached hydrogen (secondary N) is 1. The van der Waals surface area contributed by atoms with Crippen LogP contribution in [0.4, 0.5) is 0 Å². The lowest BCUT2D eigenvalue weighted by Crippen LogP contribution is -2.26. The number of aryl methyl sites for hydroxylation is 1. The average Bonchev–Trinajstić information content (AvgIpc) is 2.70. The first-order valence-corrected chi connectivity index (χ1v) is 8.24. The topological polar surface area (TPSA) is 94.2 Å². The molecule has 7 heteroatoms. The third kappa shape index (κ3) is 4.97. The Morgan fingerprint density at radius 3 is 2.55 bits per heavy atom. The number of hydrogen-bond donors (Lipinski definition) is 2. The highest BCUT2D eigenvalue weighted by Gasteiger charge is 2.16. The lowest BCUT2D eigenvalue weighted by molar-refractivity contribution is 0.0944. The number of nitrogens with two attached hydrogens (primary N) is 1. The monoisotopic (exact) mass is 301 g/mol. The molecule has 0 aliphatic heterocycles. The van der Waals surface area contributed by atoms with Crippen molar-refractivity contribution in [3.8, 4) is 0 Å². The molecule has 0 radical (unpaired) electrons. The van der Waals surface area contributed by atoms with Crippen LogP contribution in [-0.2, 0) is 17.1 Å². The molecule has 1 rings (SSSR count). The van der Waals surface area contributed by atoms with E-state index in [1.54, 1.807) is 7.05 Å². The van der Waals surface area contributed by atoms with Gasteiger partial charge in [0, 0.05) is 19.8 Å². The summed E-state index contributed by atoms with van der Waals surface area (Å²) in [6.07, 6.45) is 4.45. The van der Waals surface area contributed by atoms with E-state index in [1.165, 1.54) is 16.8 Å². The number of hydrogen-bond acceptors (Lipinski definition) is 3. The standard InChI is InChI=1S/C13H23N3O3S/c1-10(2)6-4-5-7-15-13(17)12-8-11(9-16(12)3)20(14,18)19/h8-10H,4-7H2,1-3H3,(H,15,17)(H2,14,18,19). The molecule has 0 saturated carbocycles. The number of carbonyl (C=O) groups is 1. The minimum absolute atomic E-state index is 0.0510. The first kappa shape index (κ1) is 16.7. The summed E-state index contributed by atoms with van der Waals surface area (Å²) in [5, 5.41) is 7.82. The summed E-state index contributed by atoms with van der Waals surface area (Å²) in [7, 11) is -2.16. The smallest absolute Gasteiger partial charge is 0.267 e. The van der Waals surface area contributed by atoms with Crippen molar-refractivity contribution >= 4 is 15.9 Å². The highest BCUT2D eigenvalue weighted by Crippen LogP contribution is 2.11. The van der Waals surface area contributed by atoms with E-state index in [4.69, 9.17) is 5.14 Å². The van der Waals surface area contributed by atoms with Crippen LogP contribution in [0.2, 0.25) is 0 Å². The van der Waals surface area contributed by atoms with Gasteiger partial charge in [-0.25, -0.2) is 13.6 Å². The van der Waals surface area contributed by atoms with Gasteiger partial charge >= 0.3 is 0 Å². The van der Waals surface area contributed by atoms with Crippen molar-refractivity contribution in [3.05, 3.63) is 18.0 Å². The maximum Gasteiger partial charge on any atom is 0.267 e. The van der Waals surface area contributed by atoms with Crippen molar-refractivity contribution in [2.45, 2.75) is 38.0 Å². The number of rotatable bonds is 7. The predicted molar refractivity (Wildman–Crippen MR) is 77.8 cm³/mol. The van der Waals surface area contributed by atoms with E-state index < -0.39 is 10.0 Å². The number of aromatic nitrogens is 1. The summed E-state index contributed by atoms with van der Waals surface area (Å²) < 4.78 is 23.9. The van der Waals surface area contributed by atoms with Gasteiger partial charge in [-0.1, -0.05) is 26.7 Å². The zero-order valence-electron chi connectivity index (χ0n) is 12.2. The fourth-order valence-electron chi connectivity index (χ4n) is 1.89. The molecule has 1 aromatic rings. The summed E-state index contributed by atoms with van der Waals surface area (Å²) in [6, 6.07) is 1.29. The Hall–Kier alpha value is -1.34. The summed E-state index contributed by atoms with van der Waals surface area (Å²) in [5.74, 6) is 0.378. The third-order valence-corrected chi connectivity index (χ3v) is 3.92. The molecule has 1 aromatic heterocycles. The summed E-state index contributed by atoms with van der Waals surface area (Å²) >= 11 is 0. The summed E-state index contributed by atoms with van der Waals surface area (Å²) in [4.78, 5) is 11.9. The molecule has 0 atom stereocenters. The van der Waals surface area contributed by atoms with E-state index in [1.807, 2.05) is 0 Å². The maximum atomic E-state index is 11.9. The van der Waals surface area contributed by atoms with E-state index in [9.17, 15) is 13.2 Å². The molecular weight excluding hydrogens is 278 g/mol. The molecule has 0 aromatic carbocycles. The van der Waals surface area contributed by atoms with Crippen LogP contribution in [0.25, 0.3) is 0 Å². The Labute approximate surface area is 120 Å². The molecule has 0 fully saturated rings. The molecule has 1 heterocycles. The molecule has 0 saturated heterocycles. The van der Waals surface area contributed by atoms with Gasteiger partial charge in [-0.05, 0) is 18.4 Å². The van der Waals surface area contributed by atoms with Crippen molar-refractivity contribution in [2.75, 3.05) is 6.54 Å². The first-order chi connectivity index (χ1) is 9.21. The maximum absolute atomic E-state index is 11.9. The molecule has 6 nitrogen and oxygen atoms in total. The second-order valence-corrected chi connectivity index (χ2v) is 6.92. The fraction of sp³-hybridized carbons (Fsp3) is 0.615. The van der Waals surface area contributed by atoms with Crippen LogP contribution in [0.15, 0.2) is 17.2 Å². The Bertz CT molecular complexity index is 561. The second kappa shape index (κ2) is 6.90. The second-order valence-electron chi connectivity index (χ2n) is 5.36. The number of unbranched alkanes of at least 4 members (excludes halogenated alkanes) is 1. The molecule has 20 heavy (non-hydrogen) atoms. The Morgan fingerprint density at radius 2 is 2.05 bits per heavy atom. The zero-order chi connectivity index (χ0) is 15.3. The van der Waals surface area contributed by atoms with Gasteiger partial charge in [0.25, 0.3) is 5.91 Å². The summed E-state index contributed by atoms with van der Waals surface area (Å²) in [6.45, 7) is 4.91. The van der Waals surface area contributed by atoms with Gasteiger partial charge in [0.1, 0.15) is 10.6 Å². The Morgan fingerprint density at radius 1 is 1.40 bits per heavy atom. The minimum Gasteiger partial charge on any atom is -0.351 e. The number of primary sulfonamides is 1. The Kier molecular flexibility index (Phi) is 5.76. The molecule has 0 spiro atoms. The van der Waals surface area contributed by atoms with E-state index in [2.05, 4.69) is 19.2 Å². The van der Waals surface area contributed by atoms with Gasteiger partial charge in [-0.3, -0.25) is 4.79 Å². The van der Waals surface area contributed by atoms with Crippen LogP contribution in [0.5, 0.6) is 0 Å². The molecule has 0 aliphatic rings. The van der Waals surface area contributed by atoms with Crippen molar-refractivity contribution in [1.82, 2.24) is 9.88 Å². The first-order valence-electron chi connectivity index (χ1n) is 6.69. The van der Waals surface area contributed by atoms with Gasteiger partial charge in [0.2, 0.25) is 10.0 Å². The van der Waals surface area contributed by atoms with Crippen molar-refractivity contribution in [3.63, 3.8) is 0 Å². The lowest BCUT2D eigenvalue weighted by Gasteiger charge is -2.07. The highest BCUT2D eigenvalue weighted by molar-refractivity contribution is 7.89. The van der Waals surface area contributed by atoms with E-state index in [0.29, 0.717) is 12.5 Å². The fourth-order valence-corrected chi connectivity index (χ4v) is 2.47. The van der Waals surface area contributed by atoms with Crippen LogP contribution < -0.4 is 10.5 Å². The molecule has 3 N–H and O–H groups in total. The van der Waals surface area contributed by atoms with Crippen LogP contribution in [0, 0.1) is 5.92 Å². The normalized spacial score (nSPS) is 11.8. The molecule has 114 valence electrons. The van der Waals surface area contributed by atoms with Crippen LogP contribution in [-0.4, -0.2) is 25.4 Å².